The Morgan fingerprint density at radius 3 is 2.62 bits per heavy atom. The van der Waals surface area contributed by atoms with Gasteiger partial charge in [-0.25, -0.2) is 0 Å². The second-order valence-electron chi connectivity index (χ2n) is 1.19. The third kappa shape index (κ3) is 2.76. The first kappa shape index (κ1) is 7.65. The van der Waals surface area contributed by atoms with Crippen LogP contribution in [-0.4, -0.2) is 18.5 Å². The summed E-state index contributed by atoms with van der Waals surface area (Å²) in [6, 6.07) is 0. The Labute approximate surface area is 51.9 Å². The molecule has 0 heterocycles. The van der Waals surface area contributed by atoms with Gasteiger partial charge in [-0.3, -0.25) is 0 Å². The van der Waals surface area contributed by atoms with Crippen molar-refractivity contribution in [1.82, 2.24) is 0 Å². The number of alkyl halides is 1. The molecule has 0 unspecified atom stereocenters. The Morgan fingerprint density at radius 1 is 1.88 bits per heavy atom. The lowest BCUT2D eigenvalue weighted by atomic mass is 10.4. The van der Waals surface area contributed by atoms with Crippen LogP contribution in [0.3, 0.4) is 0 Å². The molecule has 4 nitrogen and oxygen atoms in total. The van der Waals surface area contributed by atoms with Gasteiger partial charge in [0.1, 0.15) is 0 Å². The summed E-state index contributed by atoms with van der Waals surface area (Å²) in [5.41, 5.74) is 5.06. The fourth-order valence-corrected chi connectivity index (χ4v) is 0.377. The SMILES string of the molecule is NC[C@H](CCl)ON=O. The lowest BCUT2D eigenvalue weighted by molar-refractivity contribution is 0.0770. The molecule has 0 aliphatic carbocycles. The minimum Gasteiger partial charge on any atom is -0.358 e. The molecule has 0 amide bonds. The smallest absolute Gasteiger partial charge is 0.156 e. The van der Waals surface area contributed by atoms with Crippen LogP contribution in [0.2, 0.25) is 0 Å². The summed E-state index contributed by atoms with van der Waals surface area (Å²) in [7, 11) is 0. The first-order chi connectivity index (χ1) is 3.85. The zero-order chi connectivity index (χ0) is 6.41. The minimum absolute atomic E-state index is 0.197. The van der Waals surface area contributed by atoms with Crippen LogP contribution in [0, 0.1) is 4.91 Å². The molecule has 0 aliphatic heterocycles. The van der Waals surface area contributed by atoms with Crippen LogP contribution in [0.25, 0.3) is 0 Å². The summed E-state index contributed by atoms with van der Waals surface area (Å²) in [5, 5.41) is 2.16. The number of halogens is 1. The highest BCUT2D eigenvalue weighted by Gasteiger charge is 2.03. The summed E-state index contributed by atoms with van der Waals surface area (Å²) in [4.78, 5) is 13.5. The highest BCUT2D eigenvalue weighted by atomic mass is 35.5. The van der Waals surface area contributed by atoms with Gasteiger partial charge in [-0.05, 0) is 0 Å². The molecule has 1 atom stereocenters. The van der Waals surface area contributed by atoms with Gasteiger partial charge in [0, 0.05) is 6.54 Å². The van der Waals surface area contributed by atoms with Crippen molar-refractivity contribution in [1.29, 1.82) is 0 Å². The third-order valence-corrected chi connectivity index (χ3v) is 0.971. The van der Waals surface area contributed by atoms with Gasteiger partial charge >= 0.3 is 0 Å². The Hall–Kier alpha value is -0.350. The summed E-state index contributed by atoms with van der Waals surface area (Å²) in [5.74, 6) is 0.197. The standard InChI is InChI=1S/C3H7ClN2O2/c4-1-3(2-5)8-6-7/h3H,1-2,5H2/t3-/m0/s1. The van der Waals surface area contributed by atoms with E-state index in [0.717, 1.165) is 0 Å². The average Bonchev–Trinajstić information content (AvgIpc) is 1.83. The van der Waals surface area contributed by atoms with Crippen molar-refractivity contribution in [2.75, 3.05) is 12.4 Å². The maximum atomic E-state index is 9.35. The van der Waals surface area contributed by atoms with Gasteiger partial charge in [0.2, 0.25) is 0 Å². The molecule has 0 aromatic heterocycles. The predicted molar refractivity (Wildman–Crippen MR) is 30.4 cm³/mol. The molecule has 8 heavy (non-hydrogen) atoms. The largest absolute Gasteiger partial charge is 0.358 e. The maximum Gasteiger partial charge on any atom is 0.156 e. The van der Waals surface area contributed by atoms with Crippen LogP contribution in [0.5, 0.6) is 0 Å². The van der Waals surface area contributed by atoms with E-state index in [1.165, 1.54) is 0 Å². The predicted octanol–water partition coefficient (Wildman–Crippen LogP) is 0.251. The summed E-state index contributed by atoms with van der Waals surface area (Å²) < 4.78 is 0. The van der Waals surface area contributed by atoms with E-state index in [-0.39, 0.29) is 12.4 Å². The molecular weight excluding hydrogens is 131 g/mol. The highest BCUT2D eigenvalue weighted by molar-refractivity contribution is 6.18. The van der Waals surface area contributed by atoms with Gasteiger partial charge in [-0.15, -0.1) is 16.5 Å². The molecule has 0 bridgehead atoms. The van der Waals surface area contributed by atoms with Crippen LogP contribution in [0.15, 0.2) is 5.34 Å². The van der Waals surface area contributed by atoms with E-state index in [4.69, 9.17) is 17.3 Å². The molecule has 0 aliphatic rings. The first-order valence-electron chi connectivity index (χ1n) is 2.09. The molecule has 0 radical (unpaired) electrons. The van der Waals surface area contributed by atoms with E-state index >= 15 is 0 Å². The van der Waals surface area contributed by atoms with Crippen LogP contribution >= 0.6 is 11.6 Å². The second-order valence-corrected chi connectivity index (χ2v) is 1.50. The van der Waals surface area contributed by atoms with Crippen molar-refractivity contribution in [3.63, 3.8) is 0 Å². The maximum absolute atomic E-state index is 9.35. The Bertz CT molecular complexity index is 66.3. The van der Waals surface area contributed by atoms with Crippen LogP contribution in [-0.2, 0) is 4.84 Å². The number of hydrogen-bond donors (Lipinski definition) is 1. The molecule has 5 heteroatoms. The zero-order valence-corrected chi connectivity index (χ0v) is 4.97. The molecular formula is C3H7ClN2O2. The monoisotopic (exact) mass is 138 g/mol. The number of hydrogen-bond acceptors (Lipinski definition) is 4. The average molecular weight is 139 g/mol. The summed E-state index contributed by atoms with van der Waals surface area (Å²) in [6.07, 6.45) is -0.436. The highest BCUT2D eigenvalue weighted by Crippen LogP contribution is 1.91. The normalized spacial score (nSPS) is 12.8. The quantitative estimate of drug-likeness (QED) is 0.344. The van der Waals surface area contributed by atoms with Gasteiger partial charge in [-0.2, -0.15) is 0 Å². The topological polar surface area (TPSA) is 64.7 Å². The lowest BCUT2D eigenvalue weighted by Gasteiger charge is -2.03. The zero-order valence-electron chi connectivity index (χ0n) is 4.21. The van der Waals surface area contributed by atoms with Crippen molar-refractivity contribution >= 4 is 11.6 Å². The Kier molecular flexibility index (Phi) is 4.59. The number of nitrogens with two attached hydrogens (primary N) is 1. The van der Waals surface area contributed by atoms with Crippen LogP contribution < -0.4 is 5.73 Å². The summed E-state index contributed by atoms with van der Waals surface area (Å²) in [6.45, 7) is 0.218. The van der Waals surface area contributed by atoms with Crippen LogP contribution in [0.4, 0.5) is 0 Å². The lowest BCUT2D eigenvalue weighted by Crippen LogP contribution is -2.23. The van der Waals surface area contributed by atoms with Crippen molar-refractivity contribution in [2.45, 2.75) is 6.10 Å². The second kappa shape index (κ2) is 4.80. The first-order valence-corrected chi connectivity index (χ1v) is 2.63. The molecule has 48 valence electrons. The van der Waals surface area contributed by atoms with Crippen molar-refractivity contribution in [2.24, 2.45) is 11.1 Å². The van der Waals surface area contributed by atoms with E-state index in [1.807, 2.05) is 0 Å². The van der Waals surface area contributed by atoms with E-state index in [9.17, 15) is 4.91 Å². The molecule has 0 saturated heterocycles. The number of nitrogens with zero attached hydrogens (tertiary/aromatic N) is 1. The van der Waals surface area contributed by atoms with E-state index in [1.54, 1.807) is 0 Å². The van der Waals surface area contributed by atoms with E-state index in [0.29, 0.717) is 0 Å². The molecule has 0 fully saturated rings. The third-order valence-electron chi connectivity index (χ3n) is 0.627. The van der Waals surface area contributed by atoms with Gasteiger partial charge in [0.15, 0.2) is 11.4 Å². The molecule has 0 saturated carbocycles. The molecule has 0 aromatic carbocycles. The van der Waals surface area contributed by atoms with Crippen molar-refractivity contribution < 1.29 is 4.84 Å². The fraction of sp³-hybridized carbons (Fsp3) is 1.00. The van der Waals surface area contributed by atoms with Crippen molar-refractivity contribution in [3.05, 3.63) is 4.91 Å². The van der Waals surface area contributed by atoms with Crippen LogP contribution in [0.1, 0.15) is 0 Å². The molecule has 2 N–H and O–H groups in total. The fourth-order valence-electron chi connectivity index (χ4n) is 0.195. The van der Waals surface area contributed by atoms with E-state index < -0.39 is 6.10 Å². The number of rotatable bonds is 4. The van der Waals surface area contributed by atoms with Gasteiger partial charge < -0.3 is 10.6 Å². The summed E-state index contributed by atoms with van der Waals surface area (Å²) >= 11 is 5.24. The van der Waals surface area contributed by atoms with E-state index in [2.05, 4.69) is 10.2 Å². The Morgan fingerprint density at radius 2 is 2.50 bits per heavy atom. The van der Waals surface area contributed by atoms with Gasteiger partial charge in [0.25, 0.3) is 0 Å². The molecule has 0 spiro atoms. The van der Waals surface area contributed by atoms with Crippen molar-refractivity contribution in [3.8, 4) is 0 Å². The molecule has 0 aromatic rings. The van der Waals surface area contributed by atoms with Gasteiger partial charge in [0.05, 0.1) is 5.88 Å². The minimum atomic E-state index is -0.436. The Balaban J connectivity index is 3.20. The molecule has 0 rings (SSSR count). The van der Waals surface area contributed by atoms with Gasteiger partial charge in [-0.1, -0.05) is 0 Å².